The summed E-state index contributed by atoms with van der Waals surface area (Å²) in [6.45, 7) is 5.08. The summed E-state index contributed by atoms with van der Waals surface area (Å²) in [6.07, 6.45) is 1.63. The first kappa shape index (κ1) is 15.4. The SMILES string of the molecule is c1cc2c(cc1CNCC1CN(c3ccc4nncn4n3)C1)OCCO2. The van der Waals surface area contributed by atoms with E-state index >= 15 is 0 Å². The normalized spacial score (nSPS) is 16.7. The zero-order chi connectivity index (χ0) is 17.3. The minimum absolute atomic E-state index is 0.622. The molecule has 0 atom stereocenters. The first-order valence-corrected chi connectivity index (χ1v) is 8.86. The smallest absolute Gasteiger partial charge is 0.177 e. The maximum Gasteiger partial charge on any atom is 0.177 e. The average molecular weight is 352 g/mol. The van der Waals surface area contributed by atoms with Gasteiger partial charge in [0.2, 0.25) is 0 Å². The van der Waals surface area contributed by atoms with Crippen molar-refractivity contribution in [1.82, 2.24) is 25.1 Å². The molecule has 2 aromatic heterocycles. The predicted molar refractivity (Wildman–Crippen MR) is 95.6 cm³/mol. The number of rotatable bonds is 5. The molecular weight excluding hydrogens is 332 g/mol. The topological polar surface area (TPSA) is 76.8 Å². The van der Waals surface area contributed by atoms with Crippen LogP contribution in [0.15, 0.2) is 36.7 Å². The summed E-state index contributed by atoms with van der Waals surface area (Å²) in [6, 6.07) is 10.1. The second kappa shape index (κ2) is 6.45. The number of nitrogens with one attached hydrogen (secondary N) is 1. The molecule has 1 fully saturated rings. The van der Waals surface area contributed by atoms with Crippen molar-refractivity contribution in [3.05, 3.63) is 42.2 Å². The van der Waals surface area contributed by atoms with Crippen LogP contribution < -0.4 is 19.7 Å². The van der Waals surface area contributed by atoms with Crippen LogP contribution in [0.1, 0.15) is 5.56 Å². The number of anilines is 1. The van der Waals surface area contributed by atoms with E-state index in [9.17, 15) is 0 Å². The van der Waals surface area contributed by atoms with Crippen LogP contribution in [-0.2, 0) is 6.54 Å². The van der Waals surface area contributed by atoms with Crippen LogP contribution >= 0.6 is 0 Å². The van der Waals surface area contributed by atoms with E-state index in [1.54, 1.807) is 10.8 Å². The van der Waals surface area contributed by atoms with Gasteiger partial charge in [-0.2, -0.15) is 4.52 Å². The highest BCUT2D eigenvalue weighted by Crippen LogP contribution is 2.30. The van der Waals surface area contributed by atoms with E-state index in [1.165, 1.54) is 5.56 Å². The van der Waals surface area contributed by atoms with E-state index in [4.69, 9.17) is 9.47 Å². The van der Waals surface area contributed by atoms with E-state index in [2.05, 4.69) is 37.6 Å². The van der Waals surface area contributed by atoms with Crippen LogP contribution in [0.3, 0.4) is 0 Å². The third-order valence-electron chi connectivity index (χ3n) is 4.80. The van der Waals surface area contributed by atoms with Gasteiger partial charge in [-0.25, -0.2) is 0 Å². The fraction of sp³-hybridized carbons (Fsp3) is 0.389. The van der Waals surface area contributed by atoms with Crippen LogP contribution in [0.25, 0.3) is 5.65 Å². The van der Waals surface area contributed by atoms with Crippen LogP contribution in [0, 0.1) is 5.92 Å². The number of nitrogens with zero attached hydrogens (tertiary/aromatic N) is 5. The molecule has 8 nitrogen and oxygen atoms in total. The zero-order valence-corrected chi connectivity index (χ0v) is 14.3. The molecule has 26 heavy (non-hydrogen) atoms. The Kier molecular flexibility index (Phi) is 3.82. The summed E-state index contributed by atoms with van der Waals surface area (Å²) in [5.41, 5.74) is 1.98. The molecule has 1 aromatic carbocycles. The van der Waals surface area contributed by atoms with Crippen molar-refractivity contribution >= 4 is 11.5 Å². The molecule has 134 valence electrons. The van der Waals surface area contributed by atoms with Gasteiger partial charge in [-0.15, -0.1) is 15.3 Å². The maximum absolute atomic E-state index is 5.63. The molecule has 1 N–H and O–H groups in total. The van der Waals surface area contributed by atoms with Gasteiger partial charge in [0.25, 0.3) is 0 Å². The van der Waals surface area contributed by atoms with Crippen LogP contribution in [0.2, 0.25) is 0 Å². The van der Waals surface area contributed by atoms with Gasteiger partial charge in [0.15, 0.2) is 17.1 Å². The van der Waals surface area contributed by atoms with Gasteiger partial charge in [0.05, 0.1) is 0 Å². The Balaban J connectivity index is 1.11. The third-order valence-corrected chi connectivity index (χ3v) is 4.80. The molecule has 2 aliphatic rings. The largest absolute Gasteiger partial charge is 0.486 e. The van der Waals surface area contributed by atoms with Gasteiger partial charge in [0, 0.05) is 32.1 Å². The number of hydrogen-bond donors (Lipinski definition) is 1. The van der Waals surface area contributed by atoms with Gasteiger partial charge in [0.1, 0.15) is 25.4 Å². The molecule has 0 bridgehead atoms. The Morgan fingerprint density at radius 1 is 1.08 bits per heavy atom. The van der Waals surface area contributed by atoms with E-state index in [-0.39, 0.29) is 0 Å². The van der Waals surface area contributed by atoms with Gasteiger partial charge in [-0.1, -0.05) is 6.07 Å². The van der Waals surface area contributed by atoms with Crippen LogP contribution in [0.5, 0.6) is 11.5 Å². The lowest BCUT2D eigenvalue weighted by Gasteiger charge is -2.40. The third kappa shape index (κ3) is 2.92. The van der Waals surface area contributed by atoms with E-state index in [0.717, 1.165) is 49.1 Å². The number of ether oxygens (including phenoxy) is 2. The standard InChI is InChI=1S/C18H20N6O2/c1-2-15-16(26-6-5-25-15)7-13(1)8-19-9-14-10-23(11-14)18-4-3-17-21-20-12-24(17)22-18/h1-4,7,12,14,19H,5-6,8-11H2. The number of aromatic nitrogens is 4. The van der Waals surface area contributed by atoms with E-state index in [1.807, 2.05) is 18.2 Å². The highest BCUT2D eigenvalue weighted by Gasteiger charge is 2.27. The molecular formula is C18H20N6O2. The molecule has 0 radical (unpaired) electrons. The molecule has 5 rings (SSSR count). The lowest BCUT2D eigenvalue weighted by atomic mass is 10.00. The fourth-order valence-electron chi connectivity index (χ4n) is 3.39. The first-order valence-electron chi connectivity index (χ1n) is 8.86. The number of benzene rings is 1. The molecule has 0 saturated carbocycles. The molecule has 8 heteroatoms. The summed E-state index contributed by atoms with van der Waals surface area (Å²) in [7, 11) is 0. The fourth-order valence-corrected chi connectivity index (χ4v) is 3.39. The van der Waals surface area contributed by atoms with E-state index < -0.39 is 0 Å². The average Bonchev–Trinajstić information content (AvgIpc) is 3.11. The summed E-state index contributed by atoms with van der Waals surface area (Å²) in [5.74, 6) is 3.29. The van der Waals surface area contributed by atoms with Crippen molar-refractivity contribution in [3.63, 3.8) is 0 Å². The lowest BCUT2D eigenvalue weighted by Crippen LogP contribution is -2.51. The minimum Gasteiger partial charge on any atom is -0.486 e. The lowest BCUT2D eigenvalue weighted by molar-refractivity contribution is 0.171. The molecule has 3 aromatic rings. The van der Waals surface area contributed by atoms with E-state index in [0.29, 0.717) is 19.1 Å². The summed E-state index contributed by atoms with van der Waals surface area (Å²) >= 11 is 0. The summed E-state index contributed by atoms with van der Waals surface area (Å²) < 4.78 is 12.9. The summed E-state index contributed by atoms with van der Waals surface area (Å²) in [4.78, 5) is 2.27. The van der Waals surface area contributed by atoms with Gasteiger partial charge in [-0.3, -0.25) is 0 Å². The van der Waals surface area contributed by atoms with Crippen molar-refractivity contribution in [2.75, 3.05) is 37.7 Å². The summed E-state index contributed by atoms with van der Waals surface area (Å²) in [5, 5.41) is 15.9. The van der Waals surface area contributed by atoms with Crippen LogP contribution in [-0.4, -0.2) is 52.7 Å². The molecule has 4 heterocycles. The molecule has 2 aliphatic heterocycles. The zero-order valence-electron chi connectivity index (χ0n) is 14.3. The quantitative estimate of drug-likeness (QED) is 0.737. The molecule has 0 spiro atoms. The number of hydrogen-bond acceptors (Lipinski definition) is 7. The highest BCUT2D eigenvalue weighted by molar-refractivity contribution is 5.47. The minimum atomic E-state index is 0.622. The molecule has 1 saturated heterocycles. The van der Waals surface area contributed by atoms with Crippen molar-refractivity contribution in [2.24, 2.45) is 5.92 Å². The Bertz CT molecular complexity index is 921. The second-order valence-corrected chi connectivity index (χ2v) is 6.71. The monoisotopic (exact) mass is 352 g/mol. The first-order chi connectivity index (χ1) is 12.8. The van der Waals surface area contributed by atoms with Gasteiger partial charge in [-0.05, 0) is 29.8 Å². The maximum atomic E-state index is 5.63. The van der Waals surface area contributed by atoms with Gasteiger partial charge < -0.3 is 19.7 Å². The molecule has 0 unspecified atom stereocenters. The predicted octanol–water partition coefficient (Wildman–Crippen LogP) is 1.12. The van der Waals surface area contributed by atoms with Crippen molar-refractivity contribution in [2.45, 2.75) is 6.54 Å². The Labute approximate surface area is 150 Å². The molecule has 0 amide bonds. The van der Waals surface area contributed by atoms with Gasteiger partial charge >= 0.3 is 0 Å². The highest BCUT2D eigenvalue weighted by atomic mass is 16.6. The van der Waals surface area contributed by atoms with Crippen LogP contribution in [0.4, 0.5) is 5.82 Å². The molecule has 0 aliphatic carbocycles. The van der Waals surface area contributed by atoms with Crippen molar-refractivity contribution in [3.8, 4) is 11.5 Å². The van der Waals surface area contributed by atoms with Crippen molar-refractivity contribution in [1.29, 1.82) is 0 Å². The second-order valence-electron chi connectivity index (χ2n) is 6.71. The number of fused-ring (bicyclic) bond motifs is 2. The Morgan fingerprint density at radius 3 is 2.88 bits per heavy atom. The Morgan fingerprint density at radius 2 is 1.96 bits per heavy atom. The van der Waals surface area contributed by atoms with Crippen molar-refractivity contribution < 1.29 is 9.47 Å². The Hall–Kier alpha value is -2.87.